The zero-order valence-electron chi connectivity index (χ0n) is 6.57. The minimum atomic E-state index is -0.467. The first-order valence-electron chi connectivity index (χ1n) is 3.39. The summed E-state index contributed by atoms with van der Waals surface area (Å²) in [6.45, 7) is 0.153. The molecule has 2 N–H and O–H groups in total. The highest BCUT2D eigenvalue weighted by Gasteiger charge is 2.08. The molecule has 1 aromatic carbocycles. The van der Waals surface area contributed by atoms with Crippen LogP contribution in [-0.4, -0.2) is 4.92 Å². The lowest BCUT2D eigenvalue weighted by Crippen LogP contribution is -1.99. The van der Waals surface area contributed by atoms with Gasteiger partial charge < -0.3 is 0 Å². The Kier molecular flexibility index (Phi) is 3.35. The van der Waals surface area contributed by atoms with Gasteiger partial charge in [-0.05, 0) is 11.6 Å². The van der Waals surface area contributed by atoms with Crippen LogP contribution in [0.1, 0.15) is 5.56 Å². The van der Waals surface area contributed by atoms with Crippen LogP contribution in [0, 0.1) is 10.1 Å². The molecule has 0 fully saturated rings. The van der Waals surface area contributed by atoms with E-state index < -0.39 is 4.92 Å². The smallest absolute Gasteiger partial charge is 0.270 e. The summed E-state index contributed by atoms with van der Waals surface area (Å²) in [6, 6.07) is 4.54. The second kappa shape index (κ2) is 4.31. The van der Waals surface area contributed by atoms with Gasteiger partial charge in [-0.25, -0.2) is 5.90 Å². The first-order valence-corrected chi connectivity index (χ1v) is 4.18. The van der Waals surface area contributed by atoms with Crippen LogP contribution in [0.15, 0.2) is 22.7 Å². The monoisotopic (exact) mass is 246 g/mol. The summed E-state index contributed by atoms with van der Waals surface area (Å²) < 4.78 is 0.633. The molecule has 0 bridgehead atoms. The molecule has 70 valence electrons. The fraction of sp³-hybridized carbons (Fsp3) is 0.143. The number of non-ortho nitro benzene ring substituents is 1. The highest BCUT2D eigenvalue weighted by atomic mass is 79.9. The Hall–Kier alpha value is -0.980. The van der Waals surface area contributed by atoms with E-state index in [1.165, 1.54) is 12.1 Å². The second-order valence-corrected chi connectivity index (χ2v) is 3.30. The van der Waals surface area contributed by atoms with Crippen molar-refractivity contribution < 1.29 is 9.76 Å². The molecule has 0 heterocycles. The number of nitro groups is 1. The first kappa shape index (κ1) is 10.1. The summed E-state index contributed by atoms with van der Waals surface area (Å²) in [5.41, 5.74) is 0.671. The molecular formula is C7H7BrN2O3. The Balaban J connectivity index is 3.03. The molecule has 0 spiro atoms. The number of nitro benzene ring substituents is 1. The highest BCUT2D eigenvalue weighted by molar-refractivity contribution is 9.10. The molecule has 5 nitrogen and oxygen atoms in total. The summed E-state index contributed by atoms with van der Waals surface area (Å²) in [4.78, 5) is 14.3. The van der Waals surface area contributed by atoms with Gasteiger partial charge >= 0.3 is 0 Å². The van der Waals surface area contributed by atoms with Crippen LogP contribution in [-0.2, 0) is 11.4 Å². The van der Waals surface area contributed by atoms with Crippen molar-refractivity contribution in [2.45, 2.75) is 6.61 Å². The zero-order chi connectivity index (χ0) is 9.84. The Morgan fingerprint density at radius 1 is 1.54 bits per heavy atom. The summed E-state index contributed by atoms with van der Waals surface area (Å²) in [7, 11) is 0. The van der Waals surface area contributed by atoms with Crippen LogP contribution >= 0.6 is 15.9 Å². The molecule has 6 heteroatoms. The SMILES string of the molecule is NOCc1cc(Br)cc([N+](=O)[O-])c1. The summed E-state index contributed by atoms with van der Waals surface area (Å²) >= 11 is 3.15. The van der Waals surface area contributed by atoms with E-state index in [1.54, 1.807) is 6.07 Å². The Morgan fingerprint density at radius 3 is 2.77 bits per heavy atom. The van der Waals surface area contributed by atoms with Crippen LogP contribution in [0.2, 0.25) is 0 Å². The van der Waals surface area contributed by atoms with Crippen molar-refractivity contribution in [2.75, 3.05) is 0 Å². The van der Waals surface area contributed by atoms with Crippen LogP contribution in [0.25, 0.3) is 0 Å². The molecule has 0 radical (unpaired) electrons. The van der Waals surface area contributed by atoms with Gasteiger partial charge in [-0.15, -0.1) is 0 Å². The maximum absolute atomic E-state index is 10.4. The molecule has 0 atom stereocenters. The third-order valence-corrected chi connectivity index (χ3v) is 1.86. The van der Waals surface area contributed by atoms with E-state index in [0.717, 1.165) is 0 Å². The Morgan fingerprint density at radius 2 is 2.23 bits per heavy atom. The third kappa shape index (κ3) is 2.76. The lowest BCUT2D eigenvalue weighted by Gasteiger charge is -1.99. The highest BCUT2D eigenvalue weighted by Crippen LogP contribution is 2.21. The first-order chi connectivity index (χ1) is 6.13. The van der Waals surface area contributed by atoms with Gasteiger partial charge in [0, 0.05) is 16.6 Å². The molecule has 1 aromatic rings. The standard InChI is InChI=1S/C7H7BrN2O3/c8-6-1-5(4-13-9)2-7(3-6)10(11)12/h1-3H,4,9H2. The van der Waals surface area contributed by atoms with E-state index in [9.17, 15) is 10.1 Å². The maximum Gasteiger partial charge on any atom is 0.270 e. The average molecular weight is 247 g/mol. The molecule has 0 unspecified atom stereocenters. The van der Waals surface area contributed by atoms with Crippen molar-refractivity contribution in [2.24, 2.45) is 5.90 Å². The molecule has 0 saturated heterocycles. The number of nitrogens with zero attached hydrogens (tertiary/aromatic N) is 1. The van der Waals surface area contributed by atoms with Crippen LogP contribution < -0.4 is 5.90 Å². The van der Waals surface area contributed by atoms with Gasteiger partial charge in [0.25, 0.3) is 5.69 Å². The van der Waals surface area contributed by atoms with E-state index >= 15 is 0 Å². The molecule has 13 heavy (non-hydrogen) atoms. The van der Waals surface area contributed by atoms with E-state index in [2.05, 4.69) is 20.8 Å². The normalized spacial score (nSPS) is 10.0. The molecule has 0 aromatic heterocycles. The predicted octanol–water partition coefficient (Wildman–Crippen LogP) is 1.75. The van der Waals surface area contributed by atoms with Crippen molar-refractivity contribution in [3.8, 4) is 0 Å². The van der Waals surface area contributed by atoms with Gasteiger partial charge in [-0.3, -0.25) is 15.0 Å². The fourth-order valence-electron chi connectivity index (χ4n) is 0.918. The number of halogens is 1. The molecule has 0 amide bonds. The zero-order valence-corrected chi connectivity index (χ0v) is 8.15. The fourth-order valence-corrected chi connectivity index (χ4v) is 1.45. The van der Waals surface area contributed by atoms with Gasteiger partial charge in [0.2, 0.25) is 0 Å². The van der Waals surface area contributed by atoms with Gasteiger partial charge in [-0.2, -0.15) is 0 Å². The predicted molar refractivity (Wildman–Crippen MR) is 49.8 cm³/mol. The largest absolute Gasteiger partial charge is 0.300 e. The molecule has 0 saturated carbocycles. The molecular weight excluding hydrogens is 240 g/mol. The van der Waals surface area contributed by atoms with Crippen molar-refractivity contribution in [3.63, 3.8) is 0 Å². The van der Waals surface area contributed by atoms with Crippen molar-refractivity contribution in [1.29, 1.82) is 0 Å². The van der Waals surface area contributed by atoms with E-state index in [1.807, 2.05) is 0 Å². The molecule has 0 aliphatic rings. The van der Waals surface area contributed by atoms with Gasteiger partial charge in [0.15, 0.2) is 0 Å². The number of hydrogen-bond acceptors (Lipinski definition) is 4. The second-order valence-electron chi connectivity index (χ2n) is 2.39. The molecule has 0 aliphatic heterocycles. The summed E-state index contributed by atoms with van der Waals surface area (Å²) in [5.74, 6) is 4.85. The minimum absolute atomic E-state index is 0.0152. The lowest BCUT2D eigenvalue weighted by atomic mass is 10.2. The van der Waals surface area contributed by atoms with Crippen molar-refractivity contribution >= 4 is 21.6 Å². The molecule has 0 aliphatic carbocycles. The Bertz CT molecular complexity index is 330. The van der Waals surface area contributed by atoms with E-state index in [4.69, 9.17) is 5.90 Å². The number of hydrogen-bond donors (Lipinski definition) is 1. The average Bonchev–Trinajstić information content (AvgIpc) is 2.03. The van der Waals surface area contributed by atoms with Gasteiger partial charge in [-0.1, -0.05) is 15.9 Å². The van der Waals surface area contributed by atoms with Crippen molar-refractivity contribution in [1.82, 2.24) is 0 Å². The lowest BCUT2D eigenvalue weighted by molar-refractivity contribution is -0.385. The number of nitrogens with two attached hydrogens (primary N) is 1. The summed E-state index contributed by atoms with van der Waals surface area (Å²) in [6.07, 6.45) is 0. The number of rotatable bonds is 3. The van der Waals surface area contributed by atoms with Gasteiger partial charge in [0.1, 0.15) is 0 Å². The number of benzene rings is 1. The summed E-state index contributed by atoms with van der Waals surface area (Å²) in [5, 5.41) is 10.4. The van der Waals surface area contributed by atoms with Crippen LogP contribution in [0.4, 0.5) is 5.69 Å². The maximum atomic E-state index is 10.4. The minimum Gasteiger partial charge on any atom is -0.300 e. The third-order valence-electron chi connectivity index (χ3n) is 1.40. The van der Waals surface area contributed by atoms with Crippen LogP contribution in [0.3, 0.4) is 0 Å². The van der Waals surface area contributed by atoms with E-state index in [-0.39, 0.29) is 12.3 Å². The van der Waals surface area contributed by atoms with Crippen molar-refractivity contribution in [3.05, 3.63) is 38.3 Å². The van der Waals surface area contributed by atoms with E-state index in [0.29, 0.717) is 10.0 Å². The molecule has 1 rings (SSSR count). The Labute approximate surface area is 82.7 Å². The van der Waals surface area contributed by atoms with Crippen LogP contribution in [0.5, 0.6) is 0 Å². The van der Waals surface area contributed by atoms with Gasteiger partial charge in [0.05, 0.1) is 11.5 Å². The quantitative estimate of drug-likeness (QED) is 0.651. The topological polar surface area (TPSA) is 78.4 Å².